The van der Waals surface area contributed by atoms with Gasteiger partial charge in [0.05, 0.1) is 17.4 Å². The predicted octanol–water partition coefficient (Wildman–Crippen LogP) is 3.29. The predicted molar refractivity (Wildman–Crippen MR) is 94.0 cm³/mol. The third kappa shape index (κ3) is 2.59. The van der Waals surface area contributed by atoms with Crippen molar-refractivity contribution in [2.75, 3.05) is 6.54 Å². The molecule has 1 atom stereocenters. The molecule has 1 aliphatic heterocycles. The Labute approximate surface area is 147 Å². The number of hydrogen-bond acceptors (Lipinski definition) is 4. The number of hydrogen-bond donors (Lipinski definition) is 1. The number of ether oxygens (including phenoxy) is 1. The first-order chi connectivity index (χ1) is 12.0. The molecular weight excluding hydrogens is 318 g/mol. The van der Waals surface area contributed by atoms with E-state index >= 15 is 0 Å². The molecule has 2 aromatic rings. The van der Waals surface area contributed by atoms with Crippen LogP contribution in [0.4, 0.5) is 4.79 Å². The number of carbonyl (C=O) groups is 1. The molecule has 4 rings (SSSR count). The smallest absolute Gasteiger partial charge is 0.412 e. The fourth-order valence-corrected chi connectivity index (χ4v) is 4.34. The van der Waals surface area contributed by atoms with E-state index in [9.17, 15) is 9.90 Å². The Bertz CT molecular complexity index is 777. The molecule has 134 valence electrons. The van der Waals surface area contributed by atoms with Gasteiger partial charge in [-0.15, -0.1) is 0 Å². The summed E-state index contributed by atoms with van der Waals surface area (Å²) in [6.45, 7) is 2.95. The van der Waals surface area contributed by atoms with E-state index in [2.05, 4.69) is 9.55 Å². The highest BCUT2D eigenvalue weighted by atomic mass is 16.6. The molecule has 1 aromatic carbocycles. The van der Waals surface area contributed by atoms with E-state index < -0.39 is 11.3 Å². The lowest BCUT2D eigenvalue weighted by Gasteiger charge is -2.42. The van der Waals surface area contributed by atoms with Crippen LogP contribution >= 0.6 is 0 Å². The number of aliphatic hydroxyl groups is 1. The molecule has 1 aliphatic carbocycles. The minimum absolute atomic E-state index is 0.387. The molecule has 6 nitrogen and oxygen atoms in total. The van der Waals surface area contributed by atoms with Crippen LogP contribution in [0.1, 0.15) is 45.4 Å². The SMILES string of the molecule is C[C@@]1(O)N(CCCn2cnc3ccccc32)C(=O)OC12CCCCC2. The van der Waals surface area contributed by atoms with Gasteiger partial charge in [0.15, 0.2) is 11.3 Å². The van der Waals surface area contributed by atoms with Crippen LogP contribution in [0.15, 0.2) is 30.6 Å². The Morgan fingerprint density at radius 2 is 1.96 bits per heavy atom. The minimum atomic E-state index is -1.23. The van der Waals surface area contributed by atoms with Gasteiger partial charge in [0, 0.05) is 13.1 Å². The molecule has 1 saturated carbocycles. The molecule has 1 spiro atoms. The molecule has 6 heteroatoms. The van der Waals surface area contributed by atoms with Gasteiger partial charge in [-0.05, 0) is 51.2 Å². The summed E-state index contributed by atoms with van der Waals surface area (Å²) in [4.78, 5) is 18.3. The van der Waals surface area contributed by atoms with Crippen molar-refractivity contribution in [3.8, 4) is 0 Å². The lowest BCUT2D eigenvalue weighted by Crippen LogP contribution is -2.57. The zero-order valence-electron chi connectivity index (χ0n) is 14.6. The topological polar surface area (TPSA) is 67.6 Å². The fraction of sp³-hybridized carbons (Fsp3) is 0.579. The van der Waals surface area contributed by atoms with Crippen LogP contribution in [-0.2, 0) is 11.3 Å². The summed E-state index contributed by atoms with van der Waals surface area (Å²) in [5.74, 6) is 0. The maximum atomic E-state index is 12.4. The quantitative estimate of drug-likeness (QED) is 0.925. The van der Waals surface area contributed by atoms with Crippen LogP contribution in [-0.4, -0.2) is 43.5 Å². The van der Waals surface area contributed by atoms with Gasteiger partial charge in [-0.3, -0.25) is 4.90 Å². The van der Waals surface area contributed by atoms with Gasteiger partial charge >= 0.3 is 6.09 Å². The largest absolute Gasteiger partial charge is 0.438 e. The first kappa shape index (κ1) is 16.4. The van der Waals surface area contributed by atoms with E-state index in [1.165, 1.54) is 4.90 Å². The van der Waals surface area contributed by atoms with E-state index in [1.54, 1.807) is 6.92 Å². The Hall–Kier alpha value is -2.08. The Kier molecular flexibility index (Phi) is 3.95. The second-order valence-corrected chi connectivity index (χ2v) is 7.38. The number of para-hydroxylation sites is 2. The standard InChI is InChI=1S/C19H25N3O3/c1-18(24)19(10-5-2-6-11-19)25-17(23)22(18)13-7-12-21-14-20-15-8-3-4-9-16(15)21/h3-4,8-9,14,24H,2,5-7,10-13H2,1H3/t18-/m0/s1. The monoisotopic (exact) mass is 343 g/mol. The molecular formula is C19H25N3O3. The zero-order chi connectivity index (χ0) is 17.5. The van der Waals surface area contributed by atoms with Crippen LogP contribution in [0.25, 0.3) is 11.0 Å². The number of amides is 1. The van der Waals surface area contributed by atoms with Crippen LogP contribution in [0, 0.1) is 0 Å². The van der Waals surface area contributed by atoms with Crippen LogP contribution < -0.4 is 0 Å². The van der Waals surface area contributed by atoms with E-state index in [4.69, 9.17) is 4.74 Å². The van der Waals surface area contributed by atoms with Gasteiger partial charge in [0.25, 0.3) is 0 Å². The van der Waals surface area contributed by atoms with Gasteiger partial charge < -0.3 is 14.4 Å². The number of imidazole rings is 1. The summed E-state index contributed by atoms with van der Waals surface area (Å²) in [6.07, 6.45) is 6.81. The molecule has 0 unspecified atom stereocenters. The third-order valence-electron chi connectivity index (χ3n) is 5.86. The van der Waals surface area contributed by atoms with Crippen molar-refractivity contribution < 1.29 is 14.6 Å². The molecule has 2 heterocycles. The zero-order valence-corrected chi connectivity index (χ0v) is 14.6. The first-order valence-corrected chi connectivity index (χ1v) is 9.16. The third-order valence-corrected chi connectivity index (χ3v) is 5.86. The molecule has 1 saturated heterocycles. The molecule has 1 N–H and O–H groups in total. The normalized spacial score (nSPS) is 25.7. The van der Waals surface area contributed by atoms with Gasteiger partial charge in [-0.25, -0.2) is 9.78 Å². The molecule has 2 aliphatic rings. The summed E-state index contributed by atoms with van der Waals surface area (Å²) in [7, 11) is 0. The maximum absolute atomic E-state index is 12.4. The number of benzene rings is 1. The van der Waals surface area contributed by atoms with E-state index in [-0.39, 0.29) is 6.09 Å². The molecule has 0 radical (unpaired) electrons. The highest BCUT2D eigenvalue weighted by Crippen LogP contribution is 2.46. The number of nitrogens with zero attached hydrogens (tertiary/aromatic N) is 3. The summed E-state index contributed by atoms with van der Waals surface area (Å²) in [6, 6.07) is 8.00. The van der Waals surface area contributed by atoms with Crippen LogP contribution in [0.2, 0.25) is 0 Å². The van der Waals surface area contributed by atoms with Crippen LogP contribution in [0.5, 0.6) is 0 Å². The van der Waals surface area contributed by atoms with Crippen molar-refractivity contribution in [2.24, 2.45) is 0 Å². The average Bonchev–Trinajstić information content (AvgIpc) is 3.09. The maximum Gasteiger partial charge on any atom is 0.412 e. The number of fused-ring (bicyclic) bond motifs is 1. The second kappa shape index (κ2) is 6.02. The molecule has 1 amide bonds. The summed E-state index contributed by atoms with van der Waals surface area (Å²) in [5.41, 5.74) is 0.0872. The number of aromatic nitrogens is 2. The van der Waals surface area contributed by atoms with Crippen molar-refractivity contribution in [2.45, 2.75) is 63.3 Å². The molecule has 1 aromatic heterocycles. The highest BCUT2D eigenvalue weighted by Gasteiger charge is 2.61. The van der Waals surface area contributed by atoms with Gasteiger partial charge in [-0.2, -0.15) is 0 Å². The van der Waals surface area contributed by atoms with Gasteiger partial charge in [0.2, 0.25) is 0 Å². The van der Waals surface area contributed by atoms with E-state index in [0.29, 0.717) is 6.54 Å². The van der Waals surface area contributed by atoms with Crippen molar-refractivity contribution in [3.05, 3.63) is 30.6 Å². The lowest BCUT2D eigenvalue weighted by atomic mass is 9.77. The number of aryl methyl sites for hydroxylation is 1. The summed E-state index contributed by atoms with van der Waals surface area (Å²) < 4.78 is 7.78. The molecule has 2 fully saturated rings. The Morgan fingerprint density at radius 1 is 1.20 bits per heavy atom. The number of carbonyl (C=O) groups excluding carboxylic acids is 1. The average molecular weight is 343 g/mol. The first-order valence-electron chi connectivity index (χ1n) is 9.16. The molecule has 25 heavy (non-hydrogen) atoms. The number of rotatable bonds is 4. The van der Waals surface area contributed by atoms with Crippen LogP contribution in [0.3, 0.4) is 0 Å². The Balaban J connectivity index is 1.44. The van der Waals surface area contributed by atoms with E-state index in [1.807, 2.05) is 30.6 Å². The molecule has 0 bridgehead atoms. The van der Waals surface area contributed by atoms with E-state index in [0.717, 1.165) is 56.1 Å². The van der Waals surface area contributed by atoms with Crippen molar-refractivity contribution in [1.82, 2.24) is 14.5 Å². The summed E-state index contributed by atoms with van der Waals surface area (Å²) in [5, 5.41) is 11.1. The second-order valence-electron chi connectivity index (χ2n) is 7.38. The highest BCUT2D eigenvalue weighted by molar-refractivity contribution is 5.75. The summed E-state index contributed by atoms with van der Waals surface area (Å²) >= 11 is 0. The minimum Gasteiger partial charge on any atom is -0.438 e. The van der Waals surface area contributed by atoms with Crippen molar-refractivity contribution in [3.63, 3.8) is 0 Å². The van der Waals surface area contributed by atoms with Crippen molar-refractivity contribution in [1.29, 1.82) is 0 Å². The van der Waals surface area contributed by atoms with Crippen molar-refractivity contribution >= 4 is 17.1 Å². The van der Waals surface area contributed by atoms with Gasteiger partial charge in [0.1, 0.15) is 0 Å². The van der Waals surface area contributed by atoms with Gasteiger partial charge in [-0.1, -0.05) is 18.6 Å². The lowest BCUT2D eigenvalue weighted by molar-refractivity contribution is -0.158. The fourth-order valence-electron chi connectivity index (χ4n) is 4.34. The Morgan fingerprint density at radius 3 is 2.76 bits per heavy atom.